The number of amides is 2. The zero-order valence-electron chi connectivity index (χ0n) is 17.0. The van der Waals surface area contributed by atoms with E-state index in [4.69, 9.17) is 17.3 Å². The zero-order valence-corrected chi connectivity index (χ0v) is 18.7. The molecule has 1 heterocycles. The maximum atomic E-state index is 12.8. The van der Waals surface area contributed by atoms with E-state index in [-0.39, 0.29) is 30.2 Å². The molecule has 29 heavy (non-hydrogen) atoms. The van der Waals surface area contributed by atoms with Crippen molar-refractivity contribution in [3.8, 4) is 0 Å². The van der Waals surface area contributed by atoms with Crippen molar-refractivity contribution in [3.63, 3.8) is 0 Å². The van der Waals surface area contributed by atoms with Gasteiger partial charge in [-0.1, -0.05) is 69.0 Å². The molecule has 0 radical (unpaired) electrons. The Morgan fingerprint density at radius 3 is 2.45 bits per heavy atom. The Morgan fingerprint density at radius 2 is 1.90 bits per heavy atom. The van der Waals surface area contributed by atoms with E-state index in [0.717, 1.165) is 5.56 Å². The van der Waals surface area contributed by atoms with Crippen LogP contribution in [0.15, 0.2) is 29.2 Å². The number of benzene rings is 1. The molecule has 0 bridgehead atoms. The minimum absolute atomic E-state index is 0.0214. The highest BCUT2D eigenvalue weighted by atomic mass is 32.2. The number of thiocarbonyl (C=S) groups is 1. The molecule has 2 amide bonds. The van der Waals surface area contributed by atoms with E-state index in [1.807, 2.05) is 24.3 Å². The topological polar surface area (TPSA) is 86.7 Å². The third kappa shape index (κ3) is 6.14. The van der Waals surface area contributed by atoms with E-state index in [2.05, 4.69) is 26.1 Å². The Morgan fingerprint density at radius 1 is 1.28 bits per heavy atom. The average molecular weight is 435 g/mol. The molecular weight excluding hydrogens is 408 g/mol. The van der Waals surface area contributed by atoms with Gasteiger partial charge in [0.15, 0.2) is 0 Å². The van der Waals surface area contributed by atoms with E-state index < -0.39 is 12.0 Å². The summed E-state index contributed by atoms with van der Waals surface area (Å²) >= 11 is 6.49. The van der Waals surface area contributed by atoms with Crippen LogP contribution in [0, 0.1) is 0 Å². The molecule has 6 nitrogen and oxygen atoms in total. The zero-order chi connectivity index (χ0) is 21.8. The van der Waals surface area contributed by atoms with Gasteiger partial charge in [-0.05, 0) is 36.0 Å². The van der Waals surface area contributed by atoms with Crippen molar-refractivity contribution >= 4 is 52.2 Å². The molecule has 8 heteroatoms. The average Bonchev–Trinajstić information content (AvgIpc) is 2.91. The summed E-state index contributed by atoms with van der Waals surface area (Å²) in [5.41, 5.74) is 2.15. The van der Waals surface area contributed by atoms with Crippen molar-refractivity contribution in [2.24, 2.45) is 0 Å². The number of carboxylic acid groups (broad SMARTS) is 1. The highest BCUT2D eigenvalue weighted by Crippen LogP contribution is 2.34. The monoisotopic (exact) mass is 434 g/mol. The first-order valence-corrected chi connectivity index (χ1v) is 10.6. The lowest BCUT2D eigenvalue weighted by molar-refractivity contribution is -0.137. The van der Waals surface area contributed by atoms with Crippen molar-refractivity contribution in [3.05, 3.63) is 40.3 Å². The van der Waals surface area contributed by atoms with Crippen LogP contribution >= 0.6 is 24.0 Å². The number of carbonyl (C=O) groups excluding carboxylic acids is 2. The molecule has 2 rings (SSSR count). The van der Waals surface area contributed by atoms with Crippen LogP contribution in [0.1, 0.15) is 51.7 Å². The van der Waals surface area contributed by atoms with Gasteiger partial charge >= 0.3 is 5.97 Å². The molecule has 1 atom stereocenters. The van der Waals surface area contributed by atoms with Gasteiger partial charge in [0.25, 0.3) is 5.91 Å². The summed E-state index contributed by atoms with van der Waals surface area (Å²) in [7, 11) is 0. The highest BCUT2D eigenvalue weighted by molar-refractivity contribution is 8.26. The van der Waals surface area contributed by atoms with Crippen molar-refractivity contribution in [1.29, 1.82) is 0 Å². The molecule has 1 aromatic carbocycles. The molecule has 1 fully saturated rings. The molecule has 0 spiro atoms. The number of carbonyl (C=O) groups is 3. The van der Waals surface area contributed by atoms with Gasteiger partial charge in [0.05, 0.1) is 4.91 Å². The standard InChI is InChI=1S/C21H26N2O4S2/c1-13(18(26)22-11-5-6-17(24)25)23-19(27)16(29-20(23)28)12-14-7-9-15(10-8-14)21(2,3)4/h7-10,12-13H,5-6,11H2,1-4H3,(H,22,26)(H,24,25)/b16-12-. The molecule has 1 aliphatic heterocycles. The Kier molecular flexibility index (Phi) is 7.60. The maximum absolute atomic E-state index is 12.8. The van der Waals surface area contributed by atoms with Crippen LogP contribution in [0.25, 0.3) is 6.08 Å². The van der Waals surface area contributed by atoms with Gasteiger partial charge in [-0.3, -0.25) is 19.3 Å². The number of aliphatic carboxylic acids is 1. The van der Waals surface area contributed by atoms with Gasteiger partial charge in [0, 0.05) is 13.0 Å². The smallest absolute Gasteiger partial charge is 0.303 e. The Bertz CT molecular complexity index is 841. The molecule has 1 aliphatic rings. The van der Waals surface area contributed by atoms with Crippen LogP contribution in [0.4, 0.5) is 0 Å². The summed E-state index contributed by atoms with van der Waals surface area (Å²) in [5, 5.41) is 11.3. The quantitative estimate of drug-likeness (QED) is 0.388. The molecule has 1 unspecified atom stereocenters. The molecule has 1 aromatic rings. The predicted molar refractivity (Wildman–Crippen MR) is 119 cm³/mol. The first-order chi connectivity index (χ1) is 13.5. The molecular formula is C21H26N2O4S2. The van der Waals surface area contributed by atoms with E-state index in [0.29, 0.717) is 15.6 Å². The van der Waals surface area contributed by atoms with Crippen molar-refractivity contribution in [1.82, 2.24) is 10.2 Å². The number of hydrogen-bond donors (Lipinski definition) is 2. The third-order valence-electron chi connectivity index (χ3n) is 4.53. The predicted octanol–water partition coefficient (Wildman–Crippen LogP) is 3.55. The van der Waals surface area contributed by atoms with E-state index in [1.54, 1.807) is 13.0 Å². The lowest BCUT2D eigenvalue weighted by Crippen LogP contribution is -2.47. The Balaban J connectivity index is 2.05. The van der Waals surface area contributed by atoms with Gasteiger partial charge in [-0.15, -0.1) is 0 Å². The van der Waals surface area contributed by atoms with Crippen LogP contribution in [-0.4, -0.2) is 44.7 Å². The second-order valence-corrected chi connectivity index (χ2v) is 9.56. The first kappa shape index (κ1) is 23.1. The Hall–Kier alpha value is -2.19. The minimum atomic E-state index is -0.912. The number of rotatable bonds is 7. The number of thioether (sulfide) groups is 1. The minimum Gasteiger partial charge on any atom is -0.481 e. The fraction of sp³-hybridized carbons (Fsp3) is 0.429. The summed E-state index contributed by atoms with van der Waals surface area (Å²) in [5.74, 6) is -1.57. The molecule has 0 saturated carbocycles. The number of nitrogens with one attached hydrogen (secondary N) is 1. The fourth-order valence-electron chi connectivity index (χ4n) is 2.76. The van der Waals surface area contributed by atoms with Crippen molar-refractivity contribution in [2.45, 2.75) is 52.0 Å². The van der Waals surface area contributed by atoms with Crippen LogP contribution in [0.3, 0.4) is 0 Å². The lowest BCUT2D eigenvalue weighted by atomic mass is 9.87. The molecule has 1 saturated heterocycles. The summed E-state index contributed by atoms with van der Waals surface area (Å²) in [4.78, 5) is 37.4. The Labute approximate surface area is 180 Å². The molecule has 0 aliphatic carbocycles. The van der Waals surface area contributed by atoms with E-state index in [9.17, 15) is 14.4 Å². The normalized spacial score (nSPS) is 17.0. The largest absolute Gasteiger partial charge is 0.481 e. The van der Waals surface area contributed by atoms with E-state index in [1.165, 1.54) is 22.2 Å². The second kappa shape index (κ2) is 9.54. The van der Waals surface area contributed by atoms with Crippen molar-refractivity contribution in [2.75, 3.05) is 6.54 Å². The summed E-state index contributed by atoms with van der Waals surface area (Å²) in [6.45, 7) is 8.27. The van der Waals surface area contributed by atoms with Gasteiger partial charge in [0.2, 0.25) is 5.91 Å². The number of hydrogen-bond acceptors (Lipinski definition) is 5. The van der Waals surface area contributed by atoms with Gasteiger partial charge in [-0.2, -0.15) is 0 Å². The van der Waals surface area contributed by atoms with Crippen LogP contribution in [0.5, 0.6) is 0 Å². The summed E-state index contributed by atoms with van der Waals surface area (Å²) in [6, 6.07) is 7.25. The maximum Gasteiger partial charge on any atom is 0.303 e. The van der Waals surface area contributed by atoms with Gasteiger partial charge in [0.1, 0.15) is 10.4 Å². The third-order valence-corrected chi connectivity index (χ3v) is 5.86. The highest BCUT2D eigenvalue weighted by Gasteiger charge is 2.38. The summed E-state index contributed by atoms with van der Waals surface area (Å²) in [6.07, 6.45) is 2.09. The van der Waals surface area contributed by atoms with Crippen LogP contribution in [-0.2, 0) is 19.8 Å². The van der Waals surface area contributed by atoms with E-state index >= 15 is 0 Å². The first-order valence-electron chi connectivity index (χ1n) is 9.38. The second-order valence-electron chi connectivity index (χ2n) is 7.89. The SMILES string of the molecule is CC(C(=O)NCCCC(=O)O)N1C(=O)/C(=C/c2ccc(C(C)(C)C)cc2)SC1=S. The van der Waals surface area contributed by atoms with Gasteiger partial charge in [-0.25, -0.2) is 0 Å². The molecule has 0 aromatic heterocycles. The number of nitrogens with zero attached hydrogens (tertiary/aromatic N) is 1. The summed E-state index contributed by atoms with van der Waals surface area (Å²) < 4.78 is 0.334. The lowest BCUT2D eigenvalue weighted by Gasteiger charge is -2.22. The van der Waals surface area contributed by atoms with Crippen LogP contribution in [0.2, 0.25) is 0 Å². The van der Waals surface area contributed by atoms with Gasteiger partial charge < -0.3 is 10.4 Å². The fourth-order valence-corrected chi connectivity index (χ4v) is 4.18. The van der Waals surface area contributed by atoms with Crippen molar-refractivity contribution < 1.29 is 19.5 Å². The number of carboxylic acids is 1. The molecule has 156 valence electrons. The molecule has 2 N–H and O–H groups in total. The van der Waals surface area contributed by atoms with Crippen LogP contribution < -0.4 is 5.32 Å².